The molecule has 1 fully saturated rings. The Bertz CT molecular complexity index is 267. The second-order valence-electron chi connectivity index (χ2n) is 3.51. The van der Waals surface area contributed by atoms with Crippen molar-refractivity contribution in [2.75, 3.05) is 26.8 Å². The minimum atomic E-state index is -0.0652. The topological polar surface area (TPSA) is 50.4 Å². The first-order valence-corrected chi connectivity index (χ1v) is 5.22. The minimum absolute atomic E-state index is 0.0600. The van der Waals surface area contributed by atoms with Crippen molar-refractivity contribution in [3.05, 3.63) is 0 Å². The Morgan fingerprint density at radius 1 is 1.53 bits per heavy atom. The molecule has 15 heavy (non-hydrogen) atoms. The van der Waals surface area contributed by atoms with E-state index < -0.39 is 0 Å². The molecule has 0 aromatic heterocycles. The van der Waals surface area contributed by atoms with Gasteiger partial charge in [0.2, 0.25) is 5.91 Å². The highest BCUT2D eigenvalue weighted by atomic mass is 16.5. The minimum Gasteiger partial charge on any atom is -0.379 e. The average molecular weight is 210 g/mol. The van der Waals surface area contributed by atoms with Crippen molar-refractivity contribution in [3.63, 3.8) is 0 Å². The first-order chi connectivity index (χ1) is 7.29. The number of hydrogen-bond donors (Lipinski definition) is 2. The Morgan fingerprint density at radius 2 is 2.33 bits per heavy atom. The summed E-state index contributed by atoms with van der Waals surface area (Å²) in [5.41, 5.74) is 0. The summed E-state index contributed by atoms with van der Waals surface area (Å²) in [6.45, 7) is 3.54. The molecule has 1 aliphatic heterocycles. The highest BCUT2D eigenvalue weighted by Crippen LogP contribution is 2.13. The van der Waals surface area contributed by atoms with E-state index in [-0.39, 0.29) is 17.9 Å². The predicted molar refractivity (Wildman–Crippen MR) is 58.2 cm³/mol. The van der Waals surface area contributed by atoms with Gasteiger partial charge in [-0.15, -0.1) is 11.8 Å². The zero-order chi connectivity index (χ0) is 11.1. The molecule has 0 radical (unpaired) electrons. The SMILES string of the molecule is CC#CCCNC(=O)C1COCC1NC. The molecule has 4 heteroatoms. The third-order valence-corrected chi connectivity index (χ3v) is 2.51. The van der Waals surface area contributed by atoms with Crippen LogP contribution in [0.25, 0.3) is 0 Å². The first kappa shape index (κ1) is 12.0. The Kier molecular flexibility index (Phi) is 5.16. The Labute approximate surface area is 90.8 Å². The van der Waals surface area contributed by atoms with Crippen LogP contribution in [0.3, 0.4) is 0 Å². The summed E-state index contributed by atoms with van der Waals surface area (Å²) >= 11 is 0. The van der Waals surface area contributed by atoms with E-state index in [4.69, 9.17) is 4.74 Å². The molecule has 1 heterocycles. The van der Waals surface area contributed by atoms with Gasteiger partial charge >= 0.3 is 0 Å². The number of nitrogens with one attached hydrogen (secondary N) is 2. The number of rotatable bonds is 4. The van der Waals surface area contributed by atoms with Crippen LogP contribution in [0.15, 0.2) is 0 Å². The fourth-order valence-corrected chi connectivity index (χ4v) is 1.60. The summed E-state index contributed by atoms with van der Waals surface area (Å²) in [6, 6.07) is 0.141. The molecule has 0 bridgehead atoms. The van der Waals surface area contributed by atoms with E-state index in [1.807, 2.05) is 7.05 Å². The van der Waals surface area contributed by atoms with Gasteiger partial charge in [-0.2, -0.15) is 0 Å². The summed E-state index contributed by atoms with van der Waals surface area (Å²) in [5, 5.41) is 5.94. The van der Waals surface area contributed by atoms with Crippen molar-refractivity contribution in [2.24, 2.45) is 5.92 Å². The second kappa shape index (κ2) is 6.44. The van der Waals surface area contributed by atoms with Crippen molar-refractivity contribution < 1.29 is 9.53 Å². The molecular formula is C11H18N2O2. The van der Waals surface area contributed by atoms with E-state index in [0.29, 0.717) is 26.2 Å². The predicted octanol–water partition coefficient (Wildman–Crippen LogP) is -0.250. The molecule has 2 unspecified atom stereocenters. The maximum atomic E-state index is 11.7. The van der Waals surface area contributed by atoms with Gasteiger partial charge < -0.3 is 15.4 Å². The van der Waals surface area contributed by atoms with E-state index in [2.05, 4.69) is 22.5 Å². The maximum absolute atomic E-state index is 11.7. The Balaban J connectivity index is 2.28. The summed E-state index contributed by atoms with van der Waals surface area (Å²) < 4.78 is 5.26. The van der Waals surface area contributed by atoms with Gasteiger partial charge in [0.05, 0.1) is 19.1 Å². The molecule has 84 valence electrons. The van der Waals surface area contributed by atoms with Crippen molar-refractivity contribution >= 4 is 5.91 Å². The van der Waals surface area contributed by atoms with Crippen LogP contribution in [0.5, 0.6) is 0 Å². The van der Waals surface area contributed by atoms with Gasteiger partial charge in [0, 0.05) is 19.0 Å². The maximum Gasteiger partial charge on any atom is 0.227 e. The lowest BCUT2D eigenvalue weighted by Crippen LogP contribution is -2.42. The van der Waals surface area contributed by atoms with Crippen molar-refractivity contribution in [2.45, 2.75) is 19.4 Å². The van der Waals surface area contributed by atoms with Gasteiger partial charge in [-0.1, -0.05) is 0 Å². The van der Waals surface area contributed by atoms with Gasteiger partial charge in [-0.05, 0) is 14.0 Å². The van der Waals surface area contributed by atoms with Crippen LogP contribution in [0.2, 0.25) is 0 Å². The summed E-state index contributed by atoms with van der Waals surface area (Å²) in [6.07, 6.45) is 0.708. The lowest BCUT2D eigenvalue weighted by molar-refractivity contribution is -0.125. The monoisotopic (exact) mass is 210 g/mol. The largest absolute Gasteiger partial charge is 0.379 e. The van der Waals surface area contributed by atoms with Crippen LogP contribution in [-0.4, -0.2) is 38.8 Å². The lowest BCUT2D eigenvalue weighted by Gasteiger charge is -2.15. The smallest absolute Gasteiger partial charge is 0.227 e. The van der Waals surface area contributed by atoms with Gasteiger partial charge in [0.25, 0.3) is 0 Å². The standard InChI is InChI=1S/C11H18N2O2/c1-3-4-5-6-13-11(14)9-7-15-8-10(9)12-2/h9-10,12H,5-8H2,1-2H3,(H,13,14). The highest BCUT2D eigenvalue weighted by molar-refractivity contribution is 5.79. The molecule has 1 aliphatic rings. The molecule has 4 nitrogen and oxygen atoms in total. The van der Waals surface area contributed by atoms with E-state index in [0.717, 1.165) is 0 Å². The zero-order valence-electron chi connectivity index (χ0n) is 9.30. The lowest BCUT2D eigenvalue weighted by atomic mass is 10.0. The average Bonchev–Trinajstić information content (AvgIpc) is 2.72. The highest BCUT2D eigenvalue weighted by Gasteiger charge is 2.32. The first-order valence-electron chi connectivity index (χ1n) is 5.22. The third-order valence-electron chi connectivity index (χ3n) is 2.51. The van der Waals surface area contributed by atoms with Gasteiger partial charge in [0.1, 0.15) is 0 Å². The Hall–Kier alpha value is -1.05. The van der Waals surface area contributed by atoms with Crippen LogP contribution in [-0.2, 0) is 9.53 Å². The molecule has 0 aliphatic carbocycles. The van der Waals surface area contributed by atoms with Crippen LogP contribution >= 0.6 is 0 Å². The molecule has 2 atom stereocenters. The van der Waals surface area contributed by atoms with Gasteiger partial charge in [0.15, 0.2) is 0 Å². The number of hydrogen-bond acceptors (Lipinski definition) is 3. The summed E-state index contributed by atoms with van der Waals surface area (Å²) in [7, 11) is 1.85. The quantitative estimate of drug-likeness (QED) is 0.497. The molecule has 1 amide bonds. The number of likely N-dealkylation sites (N-methyl/N-ethyl adjacent to an activating group) is 1. The Morgan fingerprint density at radius 3 is 3.00 bits per heavy atom. The van der Waals surface area contributed by atoms with E-state index in [1.165, 1.54) is 0 Å². The van der Waals surface area contributed by atoms with E-state index in [9.17, 15) is 4.79 Å². The van der Waals surface area contributed by atoms with Gasteiger partial charge in [-0.3, -0.25) is 4.79 Å². The van der Waals surface area contributed by atoms with Crippen molar-refractivity contribution in [3.8, 4) is 11.8 Å². The number of carbonyl (C=O) groups excluding carboxylic acids is 1. The molecule has 0 aromatic carbocycles. The van der Waals surface area contributed by atoms with Crippen LogP contribution in [0, 0.1) is 17.8 Å². The summed E-state index contributed by atoms with van der Waals surface area (Å²) in [4.78, 5) is 11.7. The fraction of sp³-hybridized carbons (Fsp3) is 0.727. The molecular weight excluding hydrogens is 192 g/mol. The number of carbonyl (C=O) groups is 1. The third kappa shape index (κ3) is 3.54. The summed E-state index contributed by atoms with van der Waals surface area (Å²) in [5.74, 6) is 5.70. The number of ether oxygens (including phenoxy) is 1. The molecule has 2 N–H and O–H groups in total. The van der Waals surface area contributed by atoms with Crippen molar-refractivity contribution in [1.29, 1.82) is 0 Å². The van der Waals surface area contributed by atoms with Crippen LogP contribution in [0.1, 0.15) is 13.3 Å². The van der Waals surface area contributed by atoms with Crippen molar-refractivity contribution in [1.82, 2.24) is 10.6 Å². The fourth-order valence-electron chi connectivity index (χ4n) is 1.60. The van der Waals surface area contributed by atoms with Gasteiger partial charge in [-0.25, -0.2) is 0 Å². The van der Waals surface area contributed by atoms with Crippen LogP contribution < -0.4 is 10.6 Å². The normalized spacial score (nSPS) is 24.4. The molecule has 0 spiro atoms. The zero-order valence-corrected chi connectivity index (χ0v) is 9.30. The number of amides is 1. The molecule has 1 rings (SSSR count). The van der Waals surface area contributed by atoms with E-state index in [1.54, 1.807) is 6.92 Å². The van der Waals surface area contributed by atoms with E-state index >= 15 is 0 Å². The molecule has 0 aromatic rings. The second-order valence-corrected chi connectivity index (χ2v) is 3.51. The molecule has 1 saturated heterocycles. The van der Waals surface area contributed by atoms with Crippen LogP contribution in [0.4, 0.5) is 0 Å². The molecule has 0 saturated carbocycles.